The van der Waals surface area contributed by atoms with E-state index >= 15 is 0 Å². The molecule has 1 aromatic carbocycles. The maximum atomic E-state index is 13.8. The number of halogens is 3. The summed E-state index contributed by atoms with van der Waals surface area (Å²) in [7, 11) is 0. The first kappa shape index (κ1) is 14.5. The number of fused-ring (bicyclic) bond motifs is 1. The van der Waals surface area contributed by atoms with Crippen molar-refractivity contribution in [3.8, 4) is 0 Å². The molecule has 0 aliphatic heterocycles. The van der Waals surface area contributed by atoms with Gasteiger partial charge in [-0.3, -0.25) is 0 Å². The largest absolute Gasteiger partial charge is 0.361 e. The molecule has 7 heteroatoms. The zero-order valence-corrected chi connectivity index (χ0v) is 13.6. The van der Waals surface area contributed by atoms with E-state index in [0.29, 0.717) is 23.3 Å². The molecular weight excluding hydrogens is 361 g/mol. The van der Waals surface area contributed by atoms with Crippen molar-refractivity contribution >= 4 is 38.6 Å². The molecule has 2 aromatic heterocycles. The van der Waals surface area contributed by atoms with Gasteiger partial charge in [0, 0.05) is 24.4 Å². The Balaban J connectivity index is 2.12. The molecule has 0 bridgehead atoms. The van der Waals surface area contributed by atoms with Gasteiger partial charge in [0.25, 0.3) is 0 Å². The van der Waals surface area contributed by atoms with Crippen LogP contribution in [0.15, 0.2) is 27.2 Å². The van der Waals surface area contributed by atoms with Gasteiger partial charge in [-0.05, 0) is 28.9 Å². The molecule has 0 saturated heterocycles. The smallest absolute Gasteiger partial charge is 0.139 e. The van der Waals surface area contributed by atoms with Crippen LogP contribution in [-0.2, 0) is 13.0 Å². The predicted molar refractivity (Wildman–Crippen MR) is 82.2 cm³/mol. The predicted octanol–water partition coefficient (Wildman–Crippen LogP) is 4.06. The lowest BCUT2D eigenvalue weighted by Gasteiger charge is -2.06. The highest BCUT2D eigenvalue weighted by atomic mass is 79.9. The molecule has 4 nitrogen and oxygen atoms in total. The summed E-state index contributed by atoms with van der Waals surface area (Å²) in [6.45, 7) is 2.31. The lowest BCUT2D eigenvalue weighted by atomic mass is 10.3. The van der Waals surface area contributed by atoms with Crippen LogP contribution in [0.25, 0.3) is 11.0 Å². The van der Waals surface area contributed by atoms with Crippen LogP contribution in [0.1, 0.15) is 17.3 Å². The van der Waals surface area contributed by atoms with Crippen molar-refractivity contribution in [1.82, 2.24) is 14.7 Å². The average molecular weight is 373 g/mol. The quantitative estimate of drug-likeness (QED) is 0.649. The third kappa shape index (κ3) is 2.82. The van der Waals surface area contributed by atoms with Gasteiger partial charge in [-0.1, -0.05) is 5.16 Å². The van der Waals surface area contributed by atoms with E-state index in [-0.39, 0.29) is 5.82 Å². The van der Waals surface area contributed by atoms with Crippen LogP contribution in [0.5, 0.6) is 0 Å². The molecule has 2 heterocycles. The highest BCUT2D eigenvalue weighted by molar-refractivity contribution is 9.10. The standard InChI is InChI=1S/C14H12BrClFN3O/c1-8-4-9(19-21-8)7-20-13-6-11(17)10(15)5-12(13)18-14(20)2-3-16/h4-6H,2-3,7H2,1H3. The van der Waals surface area contributed by atoms with Crippen molar-refractivity contribution < 1.29 is 8.91 Å². The second-order valence-corrected chi connectivity index (χ2v) is 5.97. The van der Waals surface area contributed by atoms with Gasteiger partial charge >= 0.3 is 0 Å². The van der Waals surface area contributed by atoms with Gasteiger partial charge in [0.1, 0.15) is 23.1 Å². The molecule has 3 rings (SSSR count). The SMILES string of the molecule is Cc1cc(Cn2c(CCCl)nc3cc(Br)c(F)cc32)no1. The average Bonchev–Trinajstić information content (AvgIpc) is 2.97. The summed E-state index contributed by atoms with van der Waals surface area (Å²) in [6, 6.07) is 5.00. The summed E-state index contributed by atoms with van der Waals surface area (Å²) in [5.74, 6) is 1.67. The van der Waals surface area contributed by atoms with Crippen LogP contribution >= 0.6 is 27.5 Å². The number of aryl methyl sites for hydroxylation is 2. The molecule has 3 aromatic rings. The number of rotatable bonds is 4. The van der Waals surface area contributed by atoms with Crippen molar-refractivity contribution in [3.63, 3.8) is 0 Å². The second-order valence-electron chi connectivity index (χ2n) is 4.74. The Kier molecular flexibility index (Phi) is 3.99. The monoisotopic (exact) mass is 371 g/mol. The maximum Gasteiger partial charge on any atom is 0.139 e. The van der Waals surface area contributed by atoms with Gasteiger partial charge in [-0.25, -0.2) is 9.37 Å². The van der Waals surface area contributed by atoms with Gasteiger partial charge in [0.2, 0.25) is 0 Å². The second kappa shape index (κ2) is 5.77. The molecule has 21 heavy (non-hydrogen) atoms. The highest BCUT2D eigenvalue weighted by Gasteiger charge is 2.15. The van der Waals surface area contributed by atoms with E-state index in [2.05, 4.69) is 26.1 Å². The van der Waals surface area contributed by atoms with Crippen molar-refractivity contribution in [3.05, 3.63) is 45.8 Å². The Morgan fingerprint density at radius 2 is 2.19 bits per heavy atom. The minimum atomic E-state index is -0.322. The first-order chi connectivity index (χ1) is 10.1. The van der Waals surface area contributed by atoms with Gasteiger partial charge in [-0.15, -0.1) is 11.6 Å². The molecule has 0 fully saturated rings. The van der Waals surface area contributed by atoms with Crippen LogP contribution in [0.4, 0.5) is 4.39 Å². The minimum Gasteiger partial charge on any atom is -0.361 e. The Labute approximate surface area is 134 Å². The highest BCUT2D eigenvalue weighted by Crippen LogP contribution is 2.25. The minimum absolute atomic E-state index is 0.322. The Morgan fingerprint density at radius 1 is 1.38 bits per heavy atom. The third-order valence-electron chi connectivity index (χ3n) is 3.18. The summed E-state index contributed by atoms with van der Waals surface area (Å²) in [4.78, 5) is 4.53. The molecule has 0 atom stereocenters. The van der Waals surface area contributed by atoms with Gasteiger partial charge < -0.3 is 9.09 Å². The number of hydrogen-bond donors (Lipinski definition) is 0. The van der Waals surface area contributed by atoms with E-state index in [4.69, 9.17) is 16.1 Å². The molecule has 0 aliphatic carbocycles. The van der Waals surface area contributed by atoms with Crippen LogP contribution in [0.2, 0.25) is 0 Å². The van der Waals surface area contributed by atoms with Crippen LogP contribution < -0.4 is 0 Å². The van der Waals surface area contributed by atoms with Crippen LogP contribution in [-0.4, -0.2) is 20.6 Å². The summed E-state index contributed by atoms with van der Waals surface area (Å²) >= 11 is 9.02. The van der Waals surface area contributed by atoms with Crippen molar-refractivity contribution in [1.29, 1.82) is 0 Å². The molecule has 0 aliphatic rings. The van der Waals surface area contributed by atoms with Crippen LogP contribution in [0, 0.1) is 12.7 Å². The van der Waals surface area contributed by atoms with Crippen LogP contribution in [0.3, 0.4) is 0 Å². The van der Waals surface area contributed by atoms with Gasteiger partial charge in [0.05, 0.1) is 22.1 Å². The van der Waals surface area contributed by atoms with E-state index < -0.39 is 0 Å². The zero-order chi connectivity index (χ0) is 15.0. The van der Waals surface area contributed by atoms with Crippen molar-refractivity contribution in [2.24, 2.45) is 0 Å². The first-order valence-electron chi connectivity index (χ1n) is 6.41. The van der Waals surface area contributed by atoms with Gasteiger partial charge in [0.15, 0.2) is 0 Å². The number of nitrogens with zero attached hydrogens (tertiary/aromatic N) is 3. The Morgan fingerprint density at radius 3 is 2.86 bits per heavy atom. The zero-order valence-electron chi connectivity index (χ0n) is 11.2. The first-order valence-corrected chi connectivity index (χ1v) is 7.73. The van der Waals surface area contributed by atoms with E-state index in [9.17, 15) is 4.39 Å². The Hall–Kier alpha value is -1.40. The van der Waals surface area contributed by atoms with Crippen molar-refractivity contribution in [2.45, 2.75) is 19.9 Å². The molecule has 0 N–H and O–H groups in total. The normalized spacial score (nSPS) is 11.4. The third-order valence-corrected chi connectivity index (χ3v) is 3.98. The number of alkyl halides is 1. The molecule has 0 radical (unpaired) electrons. The fraction of sp³-hybridized carbons (Fsp3) is 0.286. The molecule has 0 saturated carbocycles. The summed E-state index contributed by atoms with van der Waals surface area (Å²) in [5.41, 5.74) is 2.21. The topological polar surface area (TPSA) is 43.9 Å². The fourth-order valence-electron chi connectivity index (χ4n) is 2.28. The molecule has 0 spiro atoms. The molecular formula is C14H12BrClFN3O. The number of imidazole rings is 1. The fourth-order valence-corrected chi connectivity index (χ4v) is 2.78. The van der Waals surface area contributed by atoms with E-state index in [1.54, 1.807) is 6.07 Å². The summed E-state index contributed by atoms with van der Waals surface area (Å²) in [5, 5.41) is 3.98. The molecule has 0 unspecified atom stereocenters. The van der Waals surface area contributed by atoms with E-state index in [1.165, 1.54) is 6.07 Å². The number of hydrogen-bond acceptors (Lipinski definition) is 3. The van der Waals surface area contributed by atoms with E-state index in [0.717, 1.165) is 28.3 Å². The maximum absolute atomic E-state index is 13.8. The van der Waals surface area contributed by atoms with E-state index in [1.807, 2.05) is 17.6 Å². The summed E-state index contributed by atoms with van der Waals surface area (Å²) < 4.78 is 21.2. The number of aromatic nitrogens is 3. The molecule has 0 amide bonds. The lowest BCUT2D eigenvalue weighted by Crippen LogP contribution is -2.06. The number of benzene rings is 1. The lowest BCUT2D eigenvalue weighted by molar-refractivity contribution is 0.389. The van der Waals surface area contributed by atoms with Gasteiger partial charge in [-0.2, -0.15) is 0 Å². The summed E-state index contributed by atoms with van der Waals surface area (Å²) in [6.07, 6.45) is 0.603. The Bertz CT molecular complexity index is 799. The van der Waals surface area contributed by atoms with Crippen molar-refractivity contribution in [2.75, 3.05) is 5.88 Å². The molecule has 110 valence electrons.